The number of rotatable bonds is 4. The molecular weight excluding hydrogens is 400 g/mol. The SMILES string of the molecule is Cc1cccc(C)c1NC(=S)NC(=O)c1ccc(OC(C)C)c(Br)c1. The van der Waals surface area contributed by atoms with Crippen molar-refractivity contribution in [1.82, 2.24) is 5.32 Å². The van der Waals surface area contributed by atoms with Gasteiger partial charge >= 0.3 is 0 Å². The molecule has 4 nitrogen and oxygen atoms in total. The van der Waals surface area contributed by atoms with Crippen LogP contribution >= 0.6 is 28.1 Å². The summed E-state index contributed by atoms with van der Waals surface area (Å²) in [5, 5.41) is 6.07. The molecule has 25 heavy (non-hydrogen) atoms. The van der Waals surface area contributed by atoms with Crippen LogP contribution in [0.15, 0.2) is 40.9 Å². The molecule has 0 aliphatic heterocycles. The molecule has 0 radical (unpaired) electrons. The molecule has 0 unspecified atom stereocenters. The number of anilines is 1. The Morgan fingerprint density at radius 2 is 1.80 bits per heavy atom. The smallest absolute Gasteiger partial charge is 0.257 e. The Labute approximate surface area is 162 Å². The maximum absolute atomic E-state index is 12.4. The lowest BCUT2D eigenvalue weighted by atomic mass is 10.1. The summed E-state index contributed by atoms with van der Waals surface area (Å²) in [4.78, 5) is 12.4. The molecule has 132 valence electrons. The third-order valence-corrected chi connectivity index (χ3v) is 4.33. The summed E-state index contributed by atoms with van der Waals surface area (Å²) >= 11 is 8.70. The molecule has 2 aromatic rings. The molecule has 0 saturated heterocycles. The third kappa shape index (κ3) is 5.28. The highest BCUT2D eigenvalue weighted by atomic mass is 79.9. The van der Waals surface area contributed by atoms with Gasteiger partial charge in [-0.15, -0.1) is 0 Å². The number of aryl methyl sites for hydroxylation is 2. The molecule has 0 aliphatic carbocycles. The zero-order chi connectivity index (χ0) is 18.6. The highest BCUT2D eigenvalue weighted by Gasteiger charge is 2.12. The quantitative estimate of drug-likeness (QED) is 0.684. The summed E-state index contributed by atoms with van der Waals surface area (Å²) in [5.74, 6) is 0.420. The van der Waals surface area contributed by atoms with Crippen molar-refractivity contribution < 1.29 is 9.53 Å². The van der Waals surface area contributed by atoms with Gasteiger partial charge < -0.3 is 10.1 Å². The van der Waals surface area contributed by atoms with E-state index < -0.39 is 0 Å². The van der Waals surface area contributed by atoms with Gasteiger partial charge in [0.25, 0.3) is 5.91 Å². The predicted molar refractivity (Wildman–Crippen MR) is 110 cm³/mol. The molecule has 0 spiro atoms. The molecule has 0 aromatic heterocycles. The van der Waals surface area contributed by atoms with Gasteiger partial charge in [0, 0.05) is 11.3 Å². The molecule has 0 atom stereocenters. The molecule has 0 fully saturated rings. The first-order valence-electron chi connectivity index (χ1n) is 7.92. The highest BCUT2D eigenvalue weighted by Crippen LogP contribution is 2.27. The Morgan fingerprint density at radius 3 is 2.36 bits per heavy atom. The van der Waals surface area contributed by atoms with Crippen LogP contribution < -0.4 is 15.4 Å². The average Bonchev–Trinajstić information content (AvgIpc) is 2.52. The first-order valence-corrected chi connectivity index (χ1v) is 9.13. The number of benzene rings is 2. The largest absolute Gasteiger partial charge is 0.490 e. The fraction of sp³-hybridized carbons (Fsp3) is 0.263. The van der Waals surface area contributed by atoms with Gasteiger partial charge in [0.2, 0.25) is 0 Å². The highest BCUT2D eigenvalue weighted by molar-refractivity contribution is 9.10. The zero-order valence-electron chi connectivity index (χ0n) is 14.6. The summed E-state index contributed by atoms with van der Waals surface area (Å²) in [6.45, 7) is 7.88. The minimum Gasteiger partial charge on any atom is -0.490 e. The van der Waals surface area contributed by atoms with Crippen LogP contribution in [0, 0.1) is 13.8 Å². The van der Waals surface area contributed by atoms with Crippen molar-refractivity contribution in [2.45, 2.75) is 33.8 Å². The molecule has 2 rings (SSSR count). The minimum atomic E-state index is -0.277. The molecule has 1 amide bonds. The van der Waals surface area contributed by atoms with Gasteiger partial charge in [0.1, 0.15) is 5.75 Å². The number of nitrogens with one attached hydrogen (secondary N) is 2. The van der Waals surface area contributed by atoms with Crippen LogP contribution in [0.3, 0.4) is 0 Å². The van der Waals surface area contributed by atoms with E-state index in [1.807, 2.05) is 45.9 Å². The Kier molecular flexibility index (Phi) is 6.56. The molecule has 2 aromatic carbocycles. The monoisotopic (exact) mass is 420 g/mol. The molecular formula is C19H21BrN2O2S. The van der Waals surface area contributed by atoms with E-state index in [2.05, 4.69) is 26.6 Å². The summed E-state index contributed by atoms with van der Waals surface area (Å²) in [6.07, 6.45) is 0.0603. The van der Waals surface area contributed by atoms with Crippen LogP contribution in [-0.2, 0) is 0 Å². The lowest BCUT2D eigenvalue weighted by molar-refractivity contribution is 0.0977. The van der Waals surface area contributed by atoms with Gasteiger partial charge in [-0.2, -0.15) is 0 Å². The predicted octanol–water partition coefficient (Wildman–Crippen LogP) is 4.98. The Balaban J connectivity index is 2.06. The number of carbonyl (C=O) groups is 1. The zero-order valence-corrected chi connectivity index (χ0v) is 17.0. The van der Waals surface area contributed by atoms with Crippen LogP contribution in [-0.4, -0.2) is 17.1 Å². The Bertz CT molecular complexity index is 786. The van der Waals surface area contributed by atoms with E-state index in [1.54, 1.807) is 18.2 Å². The van der Waals surface area contributed by atoms with E-state index in [-0.39, 0.29) is 17.1 Å². The second kappa shape index (κ2) is 8.45. The van der Waals surface area contributed by atoms with Crippen molar-refractivity contribution >= 4 is 44.9 Å². The van der Waals surface area contributed by atoms with E-state index in [9.17, 15) is 4.79 Å². The Morgan fingerprint density at radius 1 is 1.16 bits per heavy atom. The summed E-state index contributed by atoms with van der Waals surface area (Å²) in [5.41, 5.74) is 3.53. The van der Waals surface area contributed by atoms with Gasteiger partial charge in [-0.05, 0) is 85.2 Å². The molecule has 0 aliphatic rings. The number of hydrogen-bond donors (Lipinski definition) is 2. The number of amides is 1. The van der Waals surface area contributed by atoms with Crippen LogP contribution in [0.1, 0.15) is 35.3 Å². The van der Waals surface area contributed by atoms with Crippen LogP contribution in [0.4, 0.5) is 5.69 Å². The van der Waals surface area contributed by atoms with E-state index in [4.69, 9.17) is 17.0 Å². The number of carbonyl (C=O) groups excluding carboxylic acids is 1. The normalized spacial score (nSPS) is 10.5. The van der Waals surface area contributed by atoms with Gasteiger partial charge in [-0.25, -0.2) is 0 Å². The van der Waals surface area contributed by atoms with E-state index in [1.165, 1.54) is 0 Å². The van der Waals surface area contributed by atoms with Crippen LogP contribution in [0.5, 0.6) is 5.75 Å². The topological polar surface area (TPSA) is 50.4 Å². The maximum Gasteiger partial charge on any atom is 0.257 e. The fourth-order valence-electron chi connectivity index (χ4n) is 2.32. The number of ether oxygens (including phenoxy) is 1. The van der Waals surface area contributed by atoms with Gasteiger partial charge in [0.15, 0.2) is 5.11 Å². The maximum atomic E-state index is 12.4. The number of hydrogen-bond acceptors (Lipinski definition) is 3. The van der Waals surface area contributed by atoms with Gasteiger partial charge in [-0.3, -0.25) is 10.1 Å². The first-order chi connectivity index (χ1) is 11.8. The molecule has 0 saturated carbocycles. The lowest BCUT2D eigenvalue weighted by Crippen LogP contribution is -2.34. The van der Waals surface area contributed by atoms with Gasteiger partial charge in [0.05, 0.1) is 10.6 Å². The molecule has 6 heteroatoms. The van der Waals surface area contributed by atoms with Crippen LogP contribution in [0.2, 0.25) is 0 Å². The standard InChI is InChI=1S/C19H21BrN2O2S/c1-11(2)24-16-9-8-14(10-15(16)20)18(23)22-19(25)21-17-12(3)6-5-7-13(17)4/h5-11H,1-4H3,(H2,21,22,23,25). The van der Waals surface area contributed by atoms with Crippen molar-refractivity contribution in [1.29, 1.82) is 0 Å². The molecule has 0 heterocycles. The van der Waals surface area contributed by atoms with Crippen molar-refractivity contribution in [2.24, 2.45) is 0 Å². The van der Waals surface area contributed by atoms with Crippen molar-refractivity contribution in [2.75, 3.05) is 5.32 Å². The van der Waals surface area contributed by atoms with E-state index in [0.29, 0.717) is 11.3 Å². The number of thiocarbonyl (C=S) groups is 1. The second-order valence-corrected chi connectivity index (χ2v) is 7.25. The second-order valence-electron chi connectivity index (χ2n) is 5.99. The third-order valence-electron chi connectivity index (χ3n) is 3.50. The van der Waals surface area contributed by atoms with Crippen molar-refractivity contribution in [3.05, 3.63) is 57.6 Å². The van der Waals surface area contributed by atoms with Crippen molar-refractivity contribution in [3.8, 4) is 5.75 Å². The number of halogens is 1. The summed E-state index contributed by atoms with van der Waals surface area (Å²) in [7, 11) is 0. The van der Waals surface area contributed by atoms with Gasteiger partial charge in [-0.1, -0.05) is 18.2 Å². The molecule has 2 N–H and O–H groups in total. The van der Waals surface area contributed by atoms with Crippen LogP contribution in [0.25, 0.3) is 0 Å². The van der Waals surface area contributed by atoms with E-state index >= 15 is 0 Å². The van der Waals surface area contributed by atoms with Crippen molar-refractivity contribution in [3.63, 3.8) is 0 Å². The summed E-state index contributed by atoms with van der Waals surface area (Å²) < 4.78 is 6.37. The Hall–Kier alpha value is -1.92. The lowest BCUT2D eigenvalue weighted by Gasteiger charge is -2.15. The number of para-hydroxylation sites is 1. The molecule has 0 bridgehead atoms. The average molecular weight is 421 g/mol. The van der Waals surface area contributed by atoms with E-state index in [0.717, 1.165) is 21.3 Å². The first kappa shape index (κ1) is 19.4. The summed E-state index contributed by atoms with van der Waals surface area (Å²) in [6, 6.07) is 11.2. The fourth-order valence-corrected chi connectivity index (χ4v) is 2.99. The minimum absolute atomic E-state index is 0.0603.